The lowest BCUT2D eigenvalue weighted by molar-refractivity contribution is 0.414. The Labute approximate surface area is 111 Å². The molecule has 95 valence electrons. The van der Waals surface area contributed by atoms with Crippen LogP contribution >= 0.6 is 0 Å². The van der Waals surface area contributed by atoms with Gasteiger partial charge in [-0.15, -0.1) is 0 Å². The fraction of sp³-hybridized carbons (Fsp3) is 0.0667. The molecule has 4 nitrogen and oxygen atoms in total. The standard InChI is InChI=1S/C15H13N2O2/c1-19-14-12(9-18)3-2-4-13(14)10-5-7-11(8-6-10)15(16)17/h2-8H,1H3,(H3,16,17). The second kappa shape index (κ2) is 5.35. The number of para-hydroxylation sites is 1. The number of hydrogen-bond acceptors (Lipinski definition) is 3. The second-order valence-electron chi connectivity index (χ2n) is 3.98. The minimum atomic E-state index is 0.0218. The van der Waals surface area contributed by atoms with E-state index in [1.807, 2.05) is 24.5 Å². The summed E-state index contributed by atoms with van der Waals surface area (Å²) < 4.78 is 5.27. The van der Waals surface area contributed by atoms with Gasteiger partial charge in [-0.05, 0) is 11.6 Å². The van der Waals surface area contributed by atoms with Crippen LogP contribution in [0.4, 0.5) is 0 Å². The van der Waals surface area contributed by atoms with Crippen LogP contribution in [0.5, 0.6) is 5.75 Å². The molecule has 0 amide bonds. The van der Waals surface area contributed by atoms with Gasteiger partial charge >= 0.3 is 0 Å². The fourth-order valence-corrected chi connectivity index (χ4v) is 1.89. The van der Waals surface area contributed by atoms with Crippen molar-refractivity contribution in [2.24, 2.45) is 5.73 Å². The van der Waals surface area contributed by atoms with Crippen molar-refractivity contribution in [3.63, 3.8) is 0 Å². The summed E-state index contributed by atoms with van der Waals surface area (Å²) in [7, 11) is 1.52. The fourth-order valence-electron chi connectivity index (χ4n) is 1.89. The van der Waals surface area contributed by atoms with Crippen molar-refractivity contribution >= 4 is 12.1 Å². The lowest BCUT2D eigenvalue weighted by atomic mass is 10.0. The average Bonchev–Trinajstić information content (AvgIpc) is 2.46. The SMILES string of the molecule is COc1c([C]=O)cccc1-c1ccc(C(=N)N)cc1. The van der Waals surface area contributed by atoms with Crippen LogP contribution in [0.15, 0.2) is 42.5 Å². The van der Waals surface area contributed by atoms with Gasteiger partial charge in [-0.1, -0.05) is 36.4 Å². The van der Waals surface area contributed by atoms with E-state index in [1.54, 1.807) is 24.3 Å². The van der Waals surface area contributed by atoms with E-state index in [9.17, 15) is 4.79 Å². The smallest absolute Gasteiger partial charge is 0.237 e. The molecule has 0 saturated heterocycles. The molecule has 2 rings (SSSR count). The number of carbonyl (C=O) groups excluding carboxylic acids is 1. The molecule has 2 aromatic carbocycles. The van der Waals surface area contributed by atoms with Crippen molar-refractivity contribution in [2.75, 3.05) is 7.11 Å². The first-order valence-electron chi connectivity index (χ1n) is 5.67. The predicted molar refractivity (Wildman–Crippen MR) is 74.2 cm³/mol. The van der Waals surface area contributed by atoms with Crippen molar-refractivity contribution in [3.8, 4) is 16.9 Å². The van der Waals surface area contributed by atoms with Crippen molar-refractivity contribution in [1.29, 1.82) is 5.41 Å². The molecule has 0 spiro atoms. The summed E-state index contributed by atoms with van der Waals surface area (Å²) in [6.45, 7) is 0. The van der Waals surface area contributed by atoms with Crippen LogP contribution in [0, 0.1) is 5.41 Å². The first kappa shape index (κ1) is 12.8. The van der Waals surface area contributed by atoms with Gasteiger partial charge in [0.15, 0.2) is 0 Å². The highest BCUT2D eigenvalue weighted by atomic mass is 16.5. The van der Waals surface area contributed by atoms with Crippen LogP contribution in [-0.2, 0) is 4.79 Å². The molecule has 0 heterocycles. The van der Waals surface area contributed by atoms with Crippen molar-refractivity contribution in [2.45, 2.75) is 0 Å². The highest BCUT2D eigenvalue weighted by molar-refractivity contribution is 5.95. The van der Waals surface area contributed by atoms with Gasteiger partial charge in [-0.3, -0.25) is 10.2 Å². The molecule has 0 saturated carbocycles. The summed E-state index contributed by atoms with van der Waals surface area (Å²) >= 11 is 0. The Hall–Kier alpha value is -2.62. The number of hydrogen-bond donors (Lipinski definition) is 2. The number of benzene rings is 2. The predicted octanol–water partition coefficient (Wildman–Crippen LogP) is 2.10. The molecule has 0 atom stereocenters. The lowest BCUT2D eigenvalue weighted by Gasteiger charge is -2.10. The summed E-state index contributed by atoms with van der Waals surface area (Å²) in [6.07, 6.45) is 1.86. The minimum Gasteiger partial charge on any atom is -0.495 e. The third-order valence-electron chi connectivity index (χ3n) is 2.84. The summed E-state index contributed by atoms with van der Waals surface area (Å²) in [5.74, 6) is 0.515. The molecule has 1 radical (unpaired) electrons. The molecule has 0 fully saturated rings. The Morgan fingerprint density at radius 3 is 2.42 bits per heavy atom. The third-order valence-corrected chi connectivity index (χ3v) is 2.84. The van der Waals surface area contributed by atoms with Crippen LogP contribution in [0.1, 0.15) is 11.1 Å². The van der Waals surface area contributed by atoms with Crippen molar-refractivity contribution < 1.29 is 9.53 Å². The number of nitrogens with two attached hydrogens (primary N) is 1. The van der Waals surface area contributed by atoms with E-state index < -0.39 is 0 Å². The van der Waals surface area contributed by atoms with E-state index in [0.29, 0.717) is 16.9 Å². The number of nitrogens with one attached hydrogen (secondary N) is 1. The lowest BCUT2D eigenvalue weighted by Crippen LogP contribution is -2.10. The zero-order chi connectivity index (χ0) is 13.8. The van der Waals surface area contributed by atoms with E-state index in [2.05, 4.69) is 0 Å². The van der Waals surface area contributed by atoms with Crippen molar-refractivity contribution in [1.82, 2.24) is 0 Å². The molecule has 0 aliphatic carbocycles. The monoisotopic (exact) mass is 253 g/mol. The van der Waals surface area contributed by atoms with Gasteiger partial charge in [0.1, 0.15) is 11.6 Å². The molecule has 0 aliphatic rings. The summed E-state index contributed by atoms with van der Waals surface area (Å²) in [5, 5.41) is 7.35. The first-order valence-corrected chi connectivity index (χ1v) is 5.67. The van der Waals surface area contributed by atoms with Gasteiger partial charge in [-0.25, -0.2) is 0 Å². The number of nitrogen functional groups attached to an aromatic ring is 1. The molecular formula is C15H13N2O2. The van der Waals surface area contributed by atoms with E-state index in [1.165, 1.54) is 7.11 Å². The molecule has 2 aromatic rings. The maximum atomic E-state index is 10.9. The summed E-state index contributed by atoms with van der Waals surface area (Å²) in [4.78, 5) is 10.9. The highest BCUT2D eigenvalue weighted by Crippen LogP contribution is 2.32. The average molecular weight is 253 g/mol. The first-order chi connectivity index (χ1) is 9.17. The Morgan fingerprint density at radius 2 is 1.89 bits per heavy atom. The summed E-state index contributed by atoms with van der Waals surface area (Å²) in [5.41, 5.74) is 8.14. The van der Waals surface area contributed by atoms with Crippen LogP contribution in [0.25, 0.3) is 11.1 Å². The van der Waals surface area contributed by atoms with Gasteiger partial charge in [0, 0.05) is 11.1 Å². The molecule has 3 N–H and O–H groups in total. The Morgan fingerprint density at radius 1 is 1.21 bits per heavy atom. The van der Waals surface area contributed by atoms with E-state index in [-0.39, 0.29) is 5.84 Å². The molecule has 0 aromatic heterocycles. The number of methoxy groups -OCH3 is 1. The molecular weight excluding hydrogens is 240 g/mol. The Balaban J connectivity index is 2.52. The Bertz CT molecular complexity index is 619. The van der Waals surface area contributed by atoms with Gasteiger partial charge < -0.3 is 10.5 Å². The van der Waals surface area contributed by atoms with Crippen LogP contribution < -0.4 is 10.5 Å². The molecule has 4 heteroatoms. The Kier molecular flexibility index (Phi) is 3.61. The number of rotatable bonds is 4. The largest absolute Gasteiger partial charge is 0.495 e. The molecule has 19 heavy (non-hydrogen) atoms. The van der Waals surface area contributed by atoms with Gasteiger partial charge in [0.25, 0.3) is 0 Å². The van der Waals surface area contributed by atoms with Crippen LogP contribution in [-0.4, -0.2) is 19.2 Å². The number of ether oxygens (including phenoxy) is 1. The maximum absolute atomic E-state index is 10.9. The van der Waals surface area contributed by atoms with Crippen molar-refractivity contribution in [3.05, 3.63) is 53.6 Å². The maximum Gasteiger partial charge on any atom is 0.237 e. The number of amidine groups is 1. The molecule has 0 aliphatic heterocycles. The molecule has 0 unspecified atom stereocenters. The van der Waals surface area contributed by atoms with Gasteiger partial charge in [0.05, 0.1) is 12.7 Å². The summed E-state index contributed by atoms with van der Waals surface area (Å²) in [6, 6.07) is 12.5. The van der Waals surface area contributed by atoms with E-state index in [0.717, 1.165) is 11.1 Å². The van der Waals surface area contributed by atoms with Crippen LogP contribution in [0.2, 0.25) is 0 Å². The second-order valence-corrected chi connectivity index (χ2v) is 3.98. The minimum absolute atomic E-state index is 0.0218. The quantitative estimate of drug-likeness (QED) is 0.647. The van der Waals surface area contributed by atoms with Crippen LogP contribution in [0.3, 0.4) is 0 Å². The topological polar surface area (TPSA) is 76.2 Å². The normalized spacial score (nSPS) is 9.95. The van der Waals surface area contributed by atoms with E-state index >= 15 is 0 Å². The van der Waals surface area contributed by atoms with E-state index in [4.69, 9.17) is 15.9 Å². The molecule has 0 bridgehead atoms. The van der Waals surface area contributed by atoms with Gasteiger partial charge in [0.2, 0.25) is 6.29 Å². The zero-order valence-electron chi connectivity index (χ0n) is 10.4. The zero-order valence-corrected chi connectivity index (χ0v) is 10.4. The van der Waals surface area contributed by atoms with Gasteiger partial charge in [-0.2, -0.15) is 0 Å². The third kappa shape index (κ3) is 2.47. The highest BCUT2D eigenvalue weighted by Gasteiger charge is 2.10.